The third-order valence-electron chi connectivity index (χ3n) is 2.34. The average Bonchev–Trinajstić information content (AvgIpc) is 2.34. The molecule has 0 fully saturated rings. The maximum atomic E-state index is 13.4. The first-order chi connectivity index (χ1) is 8.60. The minimum Gasteiger partial charge on any atom is -0.339 e. The molecule has 0 aliphatic rings. The van der Waals surface area contributed by atoms with Gasteiger partial charge in [-0.2, -0.15) is 5.26 Å². The van der Waals surface area contributed by atoms with Gasteiger partial charge in [-0.3, -0.25) is 0 Å². The van der Waals surface area contributed by atoms with Crippen LogP contribution in [0.3, 0.4) is 0 Å². The molecule has 0 amide bonds. The van der Waals surface area contributed by atoms with Crippen molar-refractivity contribution < 1.29 is 4.39 Å². The predicted molar refractivity (Wildman–Crippen MR) is 71.1 cm³/mol. The lowest BCUT2D eigenvalue weighted by Gasteiger charge is -2.08. The summed E-state index contributed by atoms with van der Waals surface area (Å²) in [6, 6.07) is 10.1. The first kappa shape index (κ1) is 12.5. The van der Waals surface area contributed by atoms with Crippen molar-refractivity contribution in [2.75, 3.05) is 5.32 Å². The number of pyridine rings is 1. The van der Waals surface area contributed by atoms with Gasteiger partial charge in [-0.05, 0) is 53.2 Å². The first-order valence-corrected chi connectivity index (χ1v) is 5.99. The number of rotatable bonds is 2. The summed E-state index contributed by atoms with van der Waals surface area (Å²) in [7, 11) is 0. The maximum Gasteiger partial charge on any atom is 0.148 e. The molecule has 0 spiro atoms. The average molecular weight is 306 g/mol. The molecule has 1 aromatic heterocycles. The molecule has 1 N–H and O–H groups in total. The van der Waals surface area contributed by atoms with Crippen molar-refractivity contribution in [1.82, 2.24) is 4.98 Å². The molecule has 0 bridgehead atoms. The van der Waals surface area contributed by atoms with Crippen LogP contribution in [0.4, 0.5) is 15.9 Å². The van der Waals surface area contributed by atoms with Crippen molar-refractivity contribution in [3.05, 3.63) is 51.9 Å². The standard InChI is InChI=1S/C13H9BrFN3/c1-8-2-3-9(7-16)13(17-8)18-10-4-5-11(14)12(15)6-10/h2-6H,1H3,(H,17,18). The smallest absolute Gasteiger partial charge is 0.148 e. The van der Waals surface area contributed by atoms with Gasteiger partial charge < -0.3 is 5.32 Å². The summed E-state index contributed by atoms with van der Waals surface area (Å²) in [5, 5.41) is 11.9. The lowest BCUT2D eigenvalue weighted by molar-refractivity contribution is 0.622. The Hall–Kier alpha value is -1.93. The van der Waals surface area contributed by atoms with E-state index < -0.39 is 0 Å². The number of nitriles is 1. The van der Waals surface area contributed by atoms with Crippen molar-refractivity contribution in [1.29, 1.82) is 5.26 Å². The monoisotopic (exact) mass is 305 g/mol. The molecule has 0 saturated heterocycles. The number of halogens is 2. The van der Waals surface area contributed by atoms with E-state index in [9.17, 15) is 4.39 Å². The van der Waals surface area contributed by atoms with Gasteiger partial charge in [-0.15, -0.1) is 0 Å². The fourth-order valence-electron chi connectivity index (χ4n) is 1.45. The topological polar surface area (TPSA) is 48.7 Å². The highest BCUT2D eigenvalue weighted by atomic mass is 79.9. The SMILES string of the molecule is Cc1ccc(C#N)c(Nc2ccc(Br)c(F)c2)n1. The van der Waals surface area contributed by atoms with E-state index in [1.165, 1.54) is 6.07 Å². The number of hydrogen-bond acceptors (Lipinski definition) is 3. The van der Waals surface area contributed by atoms with Gasteiger partial charge in [0.1, 0.15) is 17.7 Å². The van der Waals surface area contributed by atoms with Crippen LogP contribution in [0.2, 0.25) is 0 Å². The fraction of sp³-hybridized carbons (Fsp3) is 0.0769. The van der Waals surface area contributed by atoms with Gasteiger partial charge in [0.05, 0.1) is 10.0 Å². The number of nitrogens with zero attached hydrogens (tertiary/aromatic N) is 2. The van der Waals surface area contributed by atoms with Gasteiger partial charge in [0.25, 0.3) is 0 Å². The summed E-state index contributed by atoms with van der Waals surface area (Å²) in [5.74, 6) is 0.0605. The molecule has 1 aromatic carbocycles. The molecule has 0 aliphatic carbocycles. The summed E-state index contributed by atoms with van der Waals surface area (Å²) in [5.41, 5.74) is 1.75. The number of benzene rings is 1. The minimum atomic E-state index is -0.369. The highest BCUT2D eigenvalue weighted by Gasteiger charge is 2.06. The normalized spacial score (nSPS) is 9.89. The second kappa shape index (κ2) is 5.15. The molecule has 2 rings (SSSR count). The van der Waals surface area contributed by atoms with E-state index in [-0.39, 0.29) is 5.82 Å². The van der Waals surface area contributed by atoms with Crippen LogP contribution in [0.5, 0.6) is 0 Å². The molecule has 90 valence electrons. The quantitative estimate of drug-likeness (QED) is 0.915. The fourth-order valence-corrected chi connectivity index (χ4v) is 1.70. The molecule has 0 unspecified atom stereocenters. The minimum absolute atomic E-state index is 0.369. The number of aryl methyl sites for hydroxylation is 1. The summed E-state index contributed by atoms with van der Waals surface area (Å²) < 4.78 is 13.8. The van der Waals surface area contributed by atoms with Crippen molar-refractivity contribution in [2.24, 2.45) is 0 Å². The lowest BCUT2D eigenvalue weighted by Crippen LogP contribution is -1.98. The highest BCUT2D eigenvalue weighted by Crippen LogP contribution is 2.23. The van der Waals surface area contributed by atoms with Crippen LogP contribution < -0.4 is 5.32 Å². The lowest BCUT2D eigenvalue weighted by atomic mass is 10.2. The maximum absolute atomic E-state index is 13.4. The van der Waals surface area contributed by atoms with E-state index in [0.29, 0.717) is 21.5 Å². The van der Waals surface area contributed by atoms with E-state index in [1.54, 1.807) is 24.3 Å². The second-order valence-electron chi connectivity index (χ2n) is 3.71. The predicted octanol–water partition coefficient (Wildman–Crippen LogP) is 3.91. The van der Waals surface area contributed by atoms with Crippen molar-refractivity contribution in [2.45, 2.75) is 6.92 Å². The van der Waals surface area contributed by atoms with Crippen molar-refractivity contribution in [3.63, 3.8) is 0 Å². The van der Waals surface area contributed by atoms with Crippen LogP contribution in [0, 0.1) is 24.1 Å². The molecule has 3 nitrogen and oxygen atoms in total. The zero-order valence-electron chi connectivity index (χ0n) is 9.54. The van der Waals surface area contributed by atoms with Gasteiger partial charge >= 0.3 is 0 Å². The van der Waals surface area contributed by atoms with Crippen LogP contribution in [0.1, 0.15) is 11.3 Å². The van der Waals surface area contributed by atoms with Gasteiger partial charge in [-0.25, -0.2) is 9.37 Å². The first-order valence-electron chi connectivity index (χ1n) is 5.20. The zero-order valence-corrected chi connectivity index (χ0v) is 11.1. The largest absolute Gasteiger partial charge is 0.339 e. The van der Waals surface area contributed by atoms with Gasteiger partial charge in [0.15, 0.2) is 0 Å². The Kier molecular flexibility index (Phi) is 3.58. The van der Waals surface area contributed by atoms with E-state index in [1.807, 2.05) is 13.0 Å². The van der Waals surface area contributed by atoms with Crippen LogP contribution >= 0.6 is 15.9 Å². The van der Waals surface area contributed by atoms with Crippen LogP contribution in [0.15, 0.2) is 34.8 Å². The van der Waals surface area contributed by atoms with Gasteiger partial charge in [0, 0.05) is 11.4 Å². The van der Waals surface area contributed by atoms with Crippen molar-refractivity contribution >= 4 is 27.4 Å². The molecule has 0 aliphatic heterocycles. The van der Waals surface area contributed by atoms with Crippen LogP contribution in [-0.2, 0) is 0 Å². The van der Waals surface area contributed by atoms with E-state index >= 15 is 0 Å². The Morgan fingerprint density at radius 3 is 2.78 bits per heavy atom. The summed E-state index contributed by atoms with van der Waals surface area (Å²) in [6.45, 7) is 1.83. The third-order valence-corrected chi connectivity index (χ3v) is 2.98. The highest BCUT2D eigenvalue weighted by molar-refractivity contribution is 9.10. The Morgan fingerprint density at radius 2 is 2.11 bits per heavy atom. The van der Waals surface area contributed by atoms with Crippen molar-refractivity contribution in [3.8, 4) is 6.07 Å². The Balaban J connectivity index is 2.36. The number of aromatic nitrogens is 1. The molecule has 18 heavy (non-hydrogen) atoms. The van der Waals surface area contributed by atoms with E-state index in [0.717, 1.165) is 5.69 Å². The Labute approximate surface area is 112 Å². The summed E-state index contributed by atoms with van der Waals surface area (Å²) in [4.78, 5) is 4.22. The number of hydrogen-bond donors (Lipinski definition) is 1. The van der Waals surface area contributed by atoms with E-state index in [2.05, 4.69) is 26.2 Å². The third kappa shape index (κ3) is 2.66. The number of anilines is 2. The molecule has 2 aromatic rings. The second-order valence-corrected chi connectivity index (χ2v) is 4.57. The number of nitrogens with one attached hydrogen (secondary N) is 1. The molecule has 0 atom stereocenters. The Morgan fingerprint density at radius 1 is 1.33 bits per heavy atom. The van der Waals surface area contributed by atoms with Crippen LogP contribution in [-0.4, -0.2) is 4.98 Å². The van der Waals surface area contributed by atoms with Gasteiger partial charge in [0.2, 0.25) is 0 Å². The molecule has 0 saturated carbocycles. The molecule has 1 heterocycles. The van der Waals surface area contributed by atoms with E-state index in [4.69, 9.17) is 5.26 Å². The zero-order chi connectivity index (χ0) is 13.1. The Bertz CT molecular complexity index is 635. The summed E-state index contributed by atoms with van der Waals surface area (Å²) in [6.07, 6.45) is 0. The molecule has 5 heteroatoms. The molecule has 0 radical (unpaired) electrons. The van der Waals surface area contributed by atoms with Crippen LogP contribution in [0.25, 0.3) is 0 Å². The molecular weight excluding hydrogens is 297 g/mol. The molecular formula is C13H9BrFN3. The van der Waals surface area contributed by atoms with Gasteiger partial charge in [-0.1, -0.05) is 0 Å². The summed E-state index contributed by atoms with van der Waals surface area (Å²) >= 11 is 3.08.